The number of alkyl halides is 3. The first-order chi connectivity index (χ1) is 15.5. The molecule has 2 aromatic carbocycles. The van der Waals surface area contributed by atoms with Crippen LogP contribution in [0, 0.1) is 6.92 Å². The van der Waals surface area contributed by atoms with Crippen LogP contribution in [0.25, 0.3) is 10.9 Å². The number of aromatic nitrogens is 1. The fraction of sp³-hybridized carbons (Fsp3) is 0.304. The van der Waals surface area contributed by atoms with E-state index in [4.69, 9.17) is 23.2 Å². The van der Waals surface area contributed by atoms with Crippen LogP contribution >= 0.6 is 23.2 Å². The first-order valence-corrected chi connectivity index (χ1v) is 11.0. The molecule has 0 unspecified atom stereocenters. The first kappa shape index (κ1) is 23.6. The fourth-order valence-corrected chi connectivity index (χ4v) is 4.71. The zero-order valence-corrected chi connectivity index (χ0v) is 19.3. The molecule has 5 nitrogen and oxygen atoms in total. The lowest BCUT2D eigenvalue weighted by atomic mass is 10.0. The molecule has 10 heteroatoms. The Morgan fingerprint density at radius 3 is 2.36 bits per heavy atom. The predicted octanol–water partition coefficient (Wildman–Crippen LogP) is 5.09. The summed E-state index contributed by atoms with van der Waals surface area (Å²) in [6.45, 7) is 3.87. The number of carbonyl (C=O) groups excluding carboxylic acids is 2. The Morgan fingerprint density at radius 1 is 1.06 bits per heavy atom. The van der Waals surface area contributed by atoms with Gasteiger partial charge in [0.15, 0.2) is 0 Å². The van der Waals surface area contributed by atoms with Gasteiger partial charge in [0.25, 0.3) is 5.91 Å². The molecule has 174 valence electrons. The quantitative estimate of drug-likeness (QED) is 0.512. The third-order valence-electron chi connectivity index (χ3n) is 5.88. The Hall–Kier alpha value is -2.55. The maximum atomic E-state index is 13.5. The Bertz CT molecular complexity index is 1280. The molecule has 1 saturated heterocycles. The van der Waals surface area contributed by atoms with Crippen LogP contribution in [0.5, 0.6) is 0 Å². The number of carbonyl (C=O) groups is 2. The highest BCUT2D eigenvalue weighted by Gasteiger charge is 2.32. The molecular weight excluding hydrogens is 478 g/mol. The Kier molecular flexibility index (Phi) is 6.20. The molecule has 1 aromatic heterocycles. The number of hydrogen-bond acceptors (Lipinski definition) is 3. The van der Waals surface area contributed by atoms with Crippen molar-refractivity contribution >= 4 is 45.8 Å². The number of nitrogens with zero attached hydrogens (tertiary/aromatic N) is 2. The molecule has 0 radical (unpaired) electrons. The van der Waals surface area contributed by atoms with Gasteiger partial charge in [-0.3, -0.25) is 9.59 Å². The summed E-state index contributed by atoms with van der Waals surface area (Å²) < 4.78 is 41.2. The van der Waals surface area contributed by atoms with Crippen LogP contribution in [0.15, 0.2) is 30.3 Å². The van der Waals surface area contributed by atoms with Crippen molar-refractivity contribution in [2.24, 2.45) is 7.05 Å². The number of nitrogens with one attached hydrogen (secondary N) is 1. The lowest BCUT2D eigenvalue weighted by Crippen LogP contribution is -2.46. The van der Waals surface area contributed by atoms with Crippen molar-refractivity contribution in [2.75, 3.05) is 26.2 Å². The van der Waals surface area contributed by atoms with E-state index in [-0.39, 0.29) is 38.3 Å². The smallest absolute Gasteiger partial charge is 0.341 e. The second-order valence-corrected chi connectivity index (χ2v) is 8.75. The maximum Gasteiger partial charge on any atom is 0.416 e. The summed E-state index contributed by atoms with van der Waals surface area (Å²) >= 11 is 12.8. The Morgan fingerprint density at radius 2 is 1.73 bits per heavy atom. The van der Waals surface area contributed by atoms with Gasteiger partial charge in [-0.05, 0) is 42.8 Å². The van der Waals surface area contributed by atoms with Crippen LogP contribution in [0.1, 0.15) is 37.5 Å². The van der Waals surface area contributed by atoms with Gasteiger partial charge in [0.1, 0.15) is 0 Å². The molecule has 1 fully saturated rings. The van der Waals surface area contributed by atoms with Gasteiger partial charge in [0.2, 0.25) is 5.78 Å². The summed E-state index contributed by atoms with van der Waals surface area (Å²) in [5.41, 5.74) is 0.0511. The largest absolute Gasteiger partial charge is 0.416 e. The number of halogens is 5. The summed E-state index contributed by atoms with van der Waals surface area (Å²) in [4.78, 5) is 28.1. The number of ketones is 1. The standard InChI is InChI=1S/C23H20Cl2F3N3O2/c1-12-9-13(23(26,27)28)10-17-15(12)11-18(30(17)2)21(32)19-16(24)4-3-14(20(19)25)22(33)31-7-5-29-6-8-31/h3-4,9-11,29H,5-8H2,1-2H3. The third-order valence-corrected chi connectivity index (χ3v) is 6.59. The third kappa shape index (κ3) is 4.23. The van der Waals surface area contributed by atoms with E-state index in [2.05, 4.69) is 5.32 Å². The highest BCUT2D eigenvalue weighted by molar-refractivity contribution is 6.42. The van der Waals surface area contributed by atoms with Crippen molar-refractivity contribution in [3.63, 3.8) is 0 Å². The van der Waals surface area contributed by atoms with Gasteiger partial charge in [0, 0.05) is 44.1 Å². The van der Waals surface area contributed by atoms with Crippen LogP contribution in [0.4, 0.5) is 13.2 Å². The maximum absolute atomic E-state index is 13.5. The second-order valence-electron chi connectivity index (χ2n) is 7.97. The first-order valence-electron chi connectivity index (χ1n) is 10.2. The molecule has 0 saturated carbocycles. The molecule has 1 amide bonds. The number of aryl methyl sites for hydroxylation is 2. The van der Waals surface area contributed by atoms with Crippen molar-refractivity contribution in [2.45, 2.75) is 13.1 Å². The molecule has 0 spiro atoms. The molecule has 0 aliphatic carbocycles. The van der Waals surface area contributed by atoms with Crippen LogP contribution < -0.4 is 5.32 Å². The average molecular weight is 498 g/mol. The number of rotatable bonds is 3. The number of hydrogen-bond donors (Lipinski definition) is 1. The van der Waals surface area contributed by atoms with Crippen molar-refractivity contribution < 1.29 is 22.8 Å². The van der Waals surface area contributed by atoms with E-state index in [0.29, 0.717) is 37.1 Å². The van der Waals surface area contributed by atoms with E-state index < -0.39 is 17.5 Å². The summed E-state index contributed by atoms with van der Waals surface area (Å²) in [5.74, 6) is -0.887. The fourth-order valence-electron chi connectivity index (χ4n) is 4.08. The zero-order chi connectivity index (χ0) is 24.1. The van der Waals surface area contributed by atoms with Gasteiger partial charge in [0.05, 0.1) is 32.4 Å². The molecule has 2 heterocycles. The molecule has 0 atom stereocenters. The van der Waals surface area contributed by atoms with Crippen LogP contribution in [-0.2, 0) is 13.2 Å². The number of fused-ring (bicyclic) bond motifs is 1. The summed E-state index contributed by atoms with van der Waals surface area (Å²) in [7, 11) is 1.51. The molecule has 1 N–H and O–H groups in total. The molecular formula is C23H20Cl2F3N3O2. The zero-order valence-electron chi connectivity index (χ0n) is 17.8. The SMILES string of the molecule is Cc1cc(C(F)(F)F)cc2c1cc(C(=O)c1c(Cl)ccc(C(=O)N3CCNCC3)c1Cl)n2C. The second kappa shape index (κ2) is 8.66. The molecule has 3 aromatic rings. The molecule has 0 bridgehead atoms. The van der Waals surface area contributed by atoms with E-state index in [1.165, 1.54) is 29.8 Å². The van der Waals surface area contributed by atoms with Crippen LogP contribution in [-0.4, -0.2) is 47.3 Å². The van der Waals surface area contributed by atoms with Crippen molar-refractivity contribution in [1.82, 2.24) is 14.8 Å². The Labute approximate surface area is 198 Å². The lowest BCUT2D eigenvalue weighted by molar-refractivity contribution is -0.137. The van der Waals surface area contributed by atoms with Crippen molar-refractivity contribution in [3.8, 4) is 0 Å². The molecule has 1 aliphatic rings. The average Bonchev–Trinajstić information content (AvgIpc) is 3.10. The Balaban J connectivity index is 1.80. The lowest BCUT2D eigenvalue weighted by Gasteiger charge is -2.28. The highest BCUT2D eigenvalue weighted by atomic mass is 35.5. The number of amides is 1. The van der Waals surface area contributed by atoms with Crippen molar-refractivity contribution in [1.29, 1.82) is 0 Å². The highest BCUT2D eigenvalue weighted by Crippen LogP contribution is 2.36. The molecule has 33 heavy (non-hydrogen) atoms. The normalized spacial score (nSPS) is 14.7. The van der Waals surface area contributed by atoms with Gasteiger partial charge >= 0.3 is 6.18 Å². The number of piperazine rings is 1. The van der Waals surface area contributed by atoms with Gasteiger partial charge in [-0.2, -0.15) is 13.2 Å². The molecule has 1 aliphatic heterocycles. The van der Waals surface area contributed by atoms with Gasteiger partial charge < -0.3 is 14.8 Å². The van der Waals surface area contributed by atoms with E-state index in [1.807, 2.05) is 0 Å². The van der Waals surface area contributed by atoms with Crippen molar-refractivity contribution in [3.05, 3.63) is 68.3 Å². The van der Waals surface area contributed by atoms with E-state index in [1.54, 1.807) is 11.8 Å². The summed E-state index contributed by atoms with van der Waals surface area (Å²) in [5, 5.41) is 3.65. The monoisotopic (exact) mass is 497 g/mol. The van der Waals surface area contributed by atoms with E-state index in [9.17, 15) is 22.8 Å². The van der Waals surface area contributed by atoms with Crippen LogP contribution in [0.2, 0.25) is 10.0 Å². The molecule has 4 rings (SSSR count). The predicted molar refractivity (Wildman–Crippen MR) is 121 cm³/mol. The van der Waals surface area contributed by atoms with Gasteiger partial charge in [-0.25, -0.2) is 0 Å². The minimum atomic E-state index is -4.52. The topological polar surface area (TPSA) is 54.3 Å². The van der Waals surface area contributed by atoms with E-state index >= 15 is 0 Å². The van der Waals surface area contributed by atoms with E-state index in [0.717, 1.165) is 12.1 Å². The van der Waals surface area contributed by atoms with Crippen LogP contribution in [0.3, 0.4) is 0 Å². The van der Waals surface area contributed by atoms with Gasteiger partial charge in [-0.15, -0.1) is 0 Å². The summed E-state index contributed by atoms with van der Waals surface area (Å²) in [6.07, 6.45) is -4.52. The minimum absolute atomic E-state index is 0.0554. The minimum Gasteiger partial charge on any atom is -0.341 e. The summed E-state index contributed by atoms with van der Waals surface area (Å²) in [6, 6.07) is 6.49. The van der Waals surface area contributed by atoms with Gasteiger partial charge in [-0.1, -0.05) is 23.2 Å². The number of benzene rings is 2.